The molecule has 0 aromatic heterocycles. The van der Waals surface area contributed by atoms with Gasteiger partial charge in [-0.25, -0.2) is 9.18 Å². The SMILES string of the molecule is CC/C=C(F)\C=C/C[C@@H]1CN(C(=O)OC(C)(C)C)CCN1. The highest BCUT2D eigenvalue weighted by molar-refractivity contribution is 5.68. The fourth-order valence-electron chi connectivity index (χ4n) is 2.08. The van der Waals surface area contributed by atoms with Gasteiger partial charge in [-0.3, -0.25) is 0 Å². The van der Waals surface area contributed by atoms with Crippen molar-refractivity contribution in [3.8, 4) is 0 Å². The maximum Gasteiger partial charge on any atom is 0.410 e. The lowest BCUT2D eigenvalue weighted by Crippen LogP contribution is -2.53. The normalized spacial score (nSPS) is 20.9. The van der Waals surface area contributed by atoms with Crippen LogP contribution in [0.1, 0.15) is 40.5 Å². The zero-order valence-corrected chi connectivity index (χ0v) is 13.5. The monoisotopic (exact) mass is 298 g/mol. The van der Waals surface area contributed by atoms with Crippen LogP contribution in [0.3, 0.4) is 0 Å². The van der Waals surface area contributed by atoms with Gasteiger partial charge in [-0.05, 0) is 45.8 Å². The lowest BCUT2D eigenvalue weighted by atomic mass is 10.1. The summed E-state index contributed by atoms with van der Waals surface area (Å²) in [5, 5.41) is 3.33. The predicted octanol–water partition coefficient (Wildman–Crippen LogP) is 3.41. The topological polar surface area (TPSA) is 41.6 Å². The molecule has 0 saturated carbocycles. The van der Waals surface area contributed by atoms with Crippen molar-refractivity contribution in [1.29, 1.82) is 0 Å². The third-order valence-corrected chi connectivity index (χ3v) is 3.00. The van der Waals surface area contributed by atoms with Gasteiger partial charge in [0.05, 0.1) is 0 Å². The van der Waals surface area contributed by atoms with Gasteiger partial charge in [0.25, 0.3) is 0 Å². The molecule has 1 aliphatic rings. The minimum Gasteiger partial charge on any atom is -0.444 e. The van der Waals surface area contributed by atoms with Crippen LogP contribution in [-0.2, 0) is 4.74 Å². The molecule has 0 bridgehead atoms. The molecule has 21 heavy (non-hydrogen) atoms. The Labute approximate surface area is 127 Å². The van der Waals surface area contributed by atoms with Crippen molar-refractivity contribution in [2.45, 2.75) is 52.2 Å². The van der Waals surface area contributed by atoms with E-state index in [-0.39, 0.29) is 18.0 Å². The van der Waals surface area contributed by atoms with Crippen molar-refractivity contribution in [2.75, 3.05) is 19.6 Å². The number of rotatable bonds is 4. The summed E-state index contributed by atoms with van der Waals surface area (Å²) < 4.78 is 18.6. The average molecular weight is 298 g/mol. The fraction of sp³-hybridized carbons (Fsp3) is 0.688. The third-order valence-electron chi connectivity index (χ3n) is 3.00. The molecule has 1 rings (SSSR count). The first-order valence-electron chi connectivity index (χ1n) is 7.55. The summed E-state index contributed by atoms with van der Waals surface area (Å²) in [4.78, 5) is 13.7. The van der Waals surface area contributed by atoms with E-state index in [1.165, 1.54) is 12.2 Å². The van der Waals surface area contributed by atoms with E-state index in [2.05, 4.69) is 5.32 Å². The number of hydrogen-bond donors (Lipinski definition) is 1. The number of amides is 1. The van der Waals surface area contributed by atoms with E-state index in [0.29, 0.717) is 25.9 Å². The minimum absolute atomic E-state index is 0.136. The van der Waals surface area contributed by atoms with E-state index in [4.69, 9.17) is 4.74 Å². The third kappa shape index (κ3) is 7.27. The Morgan fingerprint density at radius 3 is 2.81 bits per heavy atom. The van der Waals surface area contributed by atoms with Crippen LogP contribution in [-0.4, -0.2) is 42.3 Å². The van der Waals surface area contributed by atoms with Crippen molar-refractivity contribution in [3.05, 3.63) is 24.1 Å². The number of piperazine rings is 1. The summed E-state index contributed by atoms with van der Waals surface area (Å²) in [6, 6.07) is 0.136. The highest BCUT2D eigenvalue weighted by Gasteiger charge is 2.26. The number of nitrogens with zero attached hydrogens (tertiary/aromatic N) is 1. The molecule has 1 saturated heterocycles. The Balaban J connectivity index is 2.45. The lowest BCUT2D eigenvalue weighted by Gasteiger charge is -2.34. The second kappa shape index (κ2) is 8.17. The van der Waals surface area contributed by atoms with Gasteiger partial charge in [-0.2, -0.15) is 0 Å². The van der Waals surface area contributed by atoms with Gasteiger partial charge >= 0.3 is 6.09 Å². The largest absolute Gasteiger partial charge is 0.444 e. The molecule has 1 fully saturated rings. The van der Waals surface area contributed by atoms with E-state index < -0.39 is 5.60 Å². The van der Waals surface area contributed by atoms with Gasteiger partial charge in [0.2, 0.25) is 0 Å². The first-order valence-corrected chi connectivity index (χ1v) is 7.55. The quantitative estimate of drug-likeness (QED) is 0.809. The first-order chi connectivity index (χ1) is 9.81. The highest BCUT2D eigenvalue weighted by Crippen LogP contribution is 2.12. The molecule has 0 aromatic rings. The summed E-state index contributed by atoms with van der Waals surface area (Å²) >= 11 is 0. The fourth-order valence-corrected chi connectivity index (χ4v) is 2.08. The van der Waals surface area contributed by atoms with Gasteiger partial charge in [-0.1, -0.05) is 13.0 Å². The van der Waals surface area contributed by atoms with Gasteiger partial charge < -0.3 is 15.0 Å². The molecule has 1 atom stereocenters. The van der Waals surface area contributed by atoms with E-state index in [1.807, 2.05) is 27.7 Å². The Morgan fingerprint density at radius 1 is 1.48 bits per heavy atom. The minimum atomic E-state index is -0.481. The molecule has 0 aromatic carbocycles. The zero-order valence-electron chi connectivity index (χ0n) is 13.5. The second-order valence-electron chi connectivity index (χ2n) is 6.21. The number of ether oxygens (including phenoxy) is 1. The highest BCUT2D eigenvalue weighted by atomic mass is 19.1. The molecule has 0 spiro atoms. The van der Waals surface area contributed by atoms with Crippen LogP contribution < -0.4 is 5.32 Å². The van der Waals surface area contributed by atoms with E-state index in [1.54, 1.807) is 11.0 Å². The number of nitrogens with one attached hydrogen (secondary N) is 1. The standard InChI is InChI=1S/C16H27FN2O2/c1-5-7-13(17)8-6-9-14-12-19(11-10-18-14)15(20)21-16(2,3)4/h6-8,14,18H,5,9-12H2,1-4H3/b8-6-,13-7+/t14-/m1/s1. The molecule has 1 amide bonds. The number of carbonyl (C=O) groups is 1. The van der Waals surface area contributed by atoms with Crippen molar-refractivity contribution in [2.24, 2.45) is 0 Å². The molecule has 1 aliphatic heterocycles. The smallest absolute Gasteiger partial charge is 0.410 e. The van der Waals surface area contributed by atoms with Crippen LogP contribution in [0, 0.1) is 0 Å². The van der Waals surface area contributed by atoms with Crippen LogP contribution in [0.25, 0.3) is 0 Å². The van der Waals surface area contributed by atoms with Crippen LogP contribution >= 0.6 is 0 Å². The second-order valence-corrected chi connectivity index (χ2v) is 6.21. The van der Waals surface area contributed by atoms with E-state index >= 15 is 0 Å². The number of halogens is 1. The molecule has 4 nitrogen and oxygen atoms in total. The molecule has 0 radical (unpaired) electrons. The molecular formula is C16H27FN2O2. The zero-order chi connectivity index (χ0) is 15.9. The molecule has 1 N–H and O–H groups in total. The van der Waals surface area contributed by atoms with Gasteiger partial charge in [0.15, 0.2) is 0 Å². The molecular weight excluding hydrogens is 271 g/mol. The van der Waals surface area contributed by atoms with Crippen molar-refractivity contribution >= 4 is 6.09 Å². The maximum atomic E-state index is 13.2. The maximum absolute atomic E-state index is 13.2. The number of hydrogen-bond acceptors (Lipinski definition) is 3. The molecule has 5 heteroatoms. The van der Waals surface area contributed by atoms with Gasteiger partial charge in [0, 0.05) is 25.7 Å². The average Bonchev–Trinajstić information content (AvgIpc) is 2.37. The van der Waals surface area contributed by atoms with Gasteiger partial charge in [0.1, 0.15) is 11.4 Å². The summed E-state index contributed by atoms with van der Waals surface area (Å²) in [5.41, 5.74) is -0.481. The van der Waals surface area contributed by atoms with E-state index in [0.717, 1.165) is 6.54 Å². The van der Waals surface area contributed by atoms with Crippen LogP contribution in [0.15, 0.2) is 24.1 Å². The first kappa shape index (κ1) is 17.7. The Hall–Kier alpha value is -1.36. The molecule has 0 aliphatic carbocycles. The molecule has 0 unspecified atom stereocenters. The van der Waals surface area contributed by atoms with Gasteiger partial charge in [-0.15, -0.1) is 0 Å². The summed E-state index contributed by atoms with van der Waals surface area (Å²) in [5.74, 6) is -0.211. The summed E-state index contributed by atoms with van der Waals surface area (Å²) in [6.45, 7) is 9.42. The Kier molecular flexibility index (Phi) is 6.89. The van der Waals surface area contributed by atoms with E-state index in [9.17, 15) is 9.18 Å². The van der Waals surface area contributed by atoms with Crippen molar-refractivity contribution in [3.63, 3.8) is 0 Å². The lowest BCUT2D eigenvalue weighted by molar-refractivity contribution is 0.0196. The number of allylic oxidation sites excluding steroid dienone is 3. The summed E-state index contributed by atoms with van der Waals surface area (Å²) in [6.07, 6.45) is 5.91. The Bertz CT molecular complexity index is 400. The molecule has 120 valence electrons. The van der Waals surface area contributed by atoms with Crippen molar-refractivity contribution in [1.82, 2.24) is 10.2 Å². The molecule has 1 heterocycles. The predicted molar refractivity (Wildman–Crippen MR) is 82.8 cm³/mol. The number of carbonyl (C=O) groups excluding carboxylic acids is 1. The van der Waals surface area contributed by atoms with Crippen LogP contribution in [0.2, 0.25) is 0 Å². The van der Waals surface area contributed by atoms with Crippen LogP contribution in [0.4, 0.5) is 9.18 Å². The Morgan fingerprint density at radius 2 is 2.19 bits per heavy atom. The van der Waals surface area contributed by atoms with Crippen molar-refractivity contribution < 1.29 is 13.9 Å². The van der Waals surface area contributed by atoms with Crippen LogP contribution in [0.5, 0.6) is 0 Å². The summed E-state index contributed by atoms with van der Waals surface area (Å²) in [7, 11) is 0.